The van der Waals surface area contributed by atoms with Crippen LogP contribution in [0.1, 0.15) is 12.5 Å². The third-order valence-electron chi connectivity index (χ3n) is 3.93. The third kappa shape index (κ3) is 6.94. The molecule has 160 valence electrons. The maximum atomic E-state index is 13.6. The summed E-state index contributed by atoms with van der Waals surface area (Å²) in [5, 5.41) is 13.0. The molecule has 3 rings (SSSR count). The van der Waals surface area contributed by atoms with Crippen LogP contribution in [0.4, 0.5) is 8.78 Å². The lowest BCUT2D eigenvalue weighted by molar-refractivity contribution is 0.304. The van der Waals surface area contributed by atoms with Crippen molar-refractivity contribution in [3.63, 3.8) is 0 Å². The summed E-state index contributed by atoms with van der Waals surface area (Å²) in [5.74, 6) is -0.0368. The summed E-state index contributed by atoms with van der Waals surface area (Å²) in [7, 11) is 0. The number of nitrogens with zero attached hydrogens (tertiary/aromatic N) is 3. The van der Waals surface area contributed by atoms with Crippen LogP contribution < -0.4 is 15.4 Å². The summed E-state index contributed by atoms with van der Waals surface area (Å²) in [6, 6.07) is 11.1. The van der Waals surface area contributed by atoms with E-state index >= 15 is 0 Å². The minimum atomic E-state index is -0.725. The standard InChI is InChI=1S/C20H22F2N6O.HI/c1-2-23-20(24-8-9-29-18-7-6-16(21)11-17(18)22)25-12-14-4-3-5-15(10-14)19-26-13-27-28-19;/h3-7,10-11,13H,2,8-9,12H2,1H3,(H2,23,24,25)(H,26,27,28);1H. The van der Waals surface area contributed by atoms with Crippen LogP contribution in [0.2, 0.25) is 0 Å². The largest absolute Gasteiger partial charge is 0.489 e. The zero-order valence-corrected chi connectivity index (χ0v) is 18.7. The molecule has 2 aromatic carbocycles. The summed E-state index contributed by atoms with van der Waals surface area (Å²) in [6.07, 6.45) is 1.47. The molecule has 1 heterocycles. The Bertz CT molecular complexity index is 952. The van der Waals surface area contributed by atoms with Crippen molar-refractivity contribution in [3.05, 3.63) is 66.0 Å². The van der Waals surface area contributed by atoms with Crippen molar-refractivity contribution >= 4 is 29.9 Å². The molecular weight excluding hydrogens is 505 g/mol. The van der Waals surface area contributed by atoms with Gasteiger partial charge in [-0.1, -0.05) is 18.2 Å². The first-order valence-corrected chi connectivity index (χ1v) is 9.20. The van der Waals surface area contributed by atoms with Crippen molar-refractivity contribution in [1.82, 2.24) is 25.8 Å². The van der Waals surface area contributed by atoms with Gasteiger partial charge in [0.05, 0.1) is 13.1 Å². The second-order valence-electron chi connectivity index (χ2n) is 6.08. The topological polar surface area (TPSA) is 87.2 Å². The van der Waals surface area contributed by atoms with E-state index in [0.29, 0.717) is 31.4 Å². The predicted octanol–water partition coefficient (Wildman–Crippen LogP) is 3.50. The molecule has 0 bridgehead atoms. The molecule has 0 aliphatic carbocycles. The molecule has 0 atom stereocenters. The van der Waals surface area contributed by atoms with E-state index in [1.165, 1.54) is 12.4 Å². The van der Waals surface area contributed by atoms with Crippen LogP contribution in [0.25, 0.3) is 11.4 Å². The Hall–Kier alpha value is -2.76. The summed E-state index contributed by atoms with van der Waals surface area (Å²) >= 11 is 0. The molecule has 0 fully saturated rings. The van der Waals surface area contributed by atoms with Gasteiger partial charge in [0, 0.05) is 18.2 Å². The van der Waals surface area contributed by atoms with E-state index in [1.54, 1.807) is 0 Å². The SMILES string of the molecule is CCNC(=NCc1cccc(-c2ncn[nH]2)c1)NCCOc1ccc(F)cc1F.I. The van der Waals surface area contributed by atoms with Gasteiger partial charge in [0.2, 0.25) is 0 Å². The molecule has 0 unspecified atom stereocenters. The van der Waals surface area contributed by atoms with Gasteiger partial charge in [-0.25, -0.2) is 18.8 Å². The highest BCUT2D eigenvalue weighted by atomic mass is 127. The Morgan fingerprint density at radius 2 is 2.03 bits per heavy atom. The number of rotatable bonds is 8. The Labute approximate surface area is 190 Å². The molecule has 0 aliphatic heterocycles. The summed E-state index contributed by atoms with van der Waals surface area (Å²) < 4.78 is 31.8. The van der Waals surface area contributed by atoms with Crippen LogP contribution in [-0.4, -0.2) is 40.8 Å². The minimum Gasteiger partial charge on any atom is -0.489 e. The van der Waals surface area contributed by atoms with E-state index in [2.05, 4.69) is 30.8 Å². The lowest BCUT2D eigenvalue weighted by Crippen LogP contribution is -2.39. The van der Waals surface area contributed by atoms with Crippen LogP contribution in [0.15, 0.2) is 53.8 Å². The van der Waals surface area contributed by atoms with E-state index < -0.39 is 11.6 Å². The van der Waals surface area contributed by atoms with E-state index in [4.69, 9.17) is 4.74 Å². The number of aliphatic imine (C=N–C) groups is 1. The molecule has 7 nitrogen and oxygen atoms in total. The second-order valence-corrected chi connectivity index (χ2v) is 6.08. The third-order valence-corrected chi connectivity index (χ3v) is 3.93. The van der Waals surface area contributed by atoms with Gasteiger partial charge in [0.25, 0.3) is 0 Å². The van der Waals surface area contributed by atoms with Crippen molar-refractivity contribution in [2.75, 3.05) is 19.7 Å². The van der Waals surface area contributed by atoms with E-state index in [9.17, 15) is 8.78 Å². The van der Waals surface area contributed by atoms with Gasteiger partial charge in [0.1, 0.15) is 18.8 Å². The number of benzene rings is 2. The zero-order valence-electron chi connectivity index (χ0n) is 16.4. The summed E-state index contributed by atoms with van der Waals surface area (Å²) in [5.41, 5.74) is 1.95. The van der Waals surface area contributed by atoms with Gasteiger partial charge in [-0.15, -0.1) is 24.0 Å². The fraction of sp³-hybridized carbons (Fsp3) is 0.250. The van der Waals surface area contributed by atoms with Gasteiger partial charge in [-0.2, -0.15) is 5.10 Å². The maximum absolute atomic E-state index is 13.6. The highest BCUT2D eigenvalue weighted by Gasteiger charge is 2.05. The fourth-order valence-electron chi connectivity index (χ4n) is 2.60. The first-order chi connectivity index (χ1) is 14.2. The van der Waals surface area contributed by atoms with Crippen molar-refractivity contribution in [2.45, 2.75) is 13.5 Å². The van der Waals surface area contributed by atoms with E-state index in [0.717, 1.165) is 23.3 Å². The number of ether oxygens (including phenoxy) is 1. The number of hydrogen-bond donors (Lipinski definition) is 3. The number of guanidine groups is 1. The number of halogens is 3. The summed E-state index contributed by atoms with van der Waals surface area (Å²) in [4.78, 5) is 8.70. The number of aromatic nitrogens is 3. The average Bonchev–Trinajstić information content (AvgIpc) is 3.26. The number of aromatic amines is 1. The summed E-state index contributed by atoms with van der Waals surface area (Å²) in [6.45, 7) is 3.73. The average molecular weight is 528 g/mol. The monoisotopic (exact) mass is 528 g/mol. The van der Waals surface area contributed by atoms with Gasteiger partial charge in [-0.3, -0.25) is 5.10 Å². The number of hydrogen-bond acceptors (Lipinski definition) is 4. The van der Waals surface area contributed by atoms with Crippen LogP contribution >= 0.6 is 24.0 Å². The number of nitrogens with one attached hydrogen (secondary N) is 3. The first kappa shape index (κ1) is 23.5. The predicted molar refractivity (Wildman–Crippen MR) is 122 cm³/mol. The van der Waals surface area contributed by atoms with Crippen LogP contribution in [0.3, 0.4) is 0 Å². The lowest BCUT2D eigenvalue weighted by atomic mass is 10.1. The second kappa shape index (κ2) is 12.1. The van der Waals surface area contributed by atoms with E-state index in [1.807, 2.05) is 31.2 Å². The molecule has 3 aromatic rings. The smallest absolute Gasteiger partial charge is 0.191 e. The molecule has 0 aliphatic rings. The molecule has 0 saturated carbocycles. The van der Waals surface area contributed by atoms with Gasteiger partial charge in [-0.05, 0) is 30.7 Å². The molecule has 10 heteroatoms. The number of H-pyrrole nitrogens is 1. The molecule has 0 spiro atoms. The van der Waals surface area contributed by atoms with Gasteiger partial charge in [0.15, 0.2) is 23.4 Å². The highest BCUT2D eigenvalue weighted by molar-refractivity contribution is 14.0. The van der Waals surface area contributed by atoms with Crippen molar-refractivity contribution in [2.24, 2.45) is 4.99 Å². The normalized spacial score (nSPS) is 11.0. The quantitative estimate of drug-likeness (QED) is 0.180. The molecule has 30 heavy (non-hydrogen) atoms. The molecular formula is C20H23F2IN6O. The van der Waals surface area contributed by atoms with Crippen LogP contribution in [0.5, 0.6) is 5.75 Å². The molecule has 1 aromatic heterocycles. The Morgan fingerprint density at radius 1 is 1.17 bits per heavy atom. The highest BCUT2D eigenvalue weighted by Crippen LogP contribution is 2.17. The van der Waals surface area contributed by atoms with Crippen molar-refractivity contribution in [1.29, 1.82) is 0 Å². The minimum absolute atomic E-state index is 0. The Kier molecular flexibility index (Phi) is 9.45. The Balaban J connectivity index is 0.00000320. The van der Waals surface area contributed by atoms with Crippen LogP contribution in [0, 0.1) is 11.6 Å². The van der Waals surface area contributed by atoms with Gasteiger partial charge < -0.3 is 15.4 Å². The van der Waals surface area contributed by atoms with E-state index in [-0.39, 0.29) is 36.3 Å². The van der Waals surface area contributed by atoms with Crippen molar-refractivity contribution < 1.29 is 13.5 Å². The Morgan fingerprint density at radius 3 is 2.77 bits per heavy atom. The lowest BCUT2D eigenvalue weighted by Gasteiger charge is -2.12. The zero-order chi connectivity index (χ0) is 20.5. The molecule has 0 radical (unpaired) electrons. The maximum Gasteiger partial charge on any atom is 0.191 e. The molecule has 0 amide bonds. The van der Waals surface area contributed by atoms with Gasteiger partial charge >= 0.3 is 0 Å². The fourth-order valence-corrected chi connectivity index (χ4v) is 2.60. The first-order valence-electron chi connectivity index (χ1n) is 9.20. The van der Waals surface area contributed by atoms with Crippen LogP contribution in [-0.2, 0) is 6.54 Å². The molecule has 0 saturated heterocycles. The van der Waals surface area contributed by atoms with Crippen molar-refractivity contribution in [3.8, 4) is 17.1 Å². The molecule has 3 N–H and O–H groups in total.